The highest BCUT2D eigenvalue weighted by molar-refractivity contribution is 5.11. The van der Waals surface area contributed by atoms with Gasteiger partial charge in [-0.15, -0.1) is 0 Å². The largest absolute Gasteiger partial charge is 0.470 e. The molecule has 2 aliphatic heterocycles. The number of hydrogen-bond acceptors (Lipinski definition) is 4. The Morgan fingerprint density at radius 3 is 3.31 bits per heavy atom. The van der Waals surface area contributed by atoms with Crippen LogP contribution in [0.15, 0.2) is 24.4 Å². The lowest BCUT2D eigenvalue weighted by Gasteiger charge is -2.28. The van der Waals surface area contributed by atoms with Crippen LogP contribution in [0, 0.1) is 0 Å². The number of ether oxygens (including phenoxy) is 2. The number of pyridine rings is 1. The minimum absolute atomic E-state index is 0.0974. The average Bonchev–Trinajstić information content (AvgIpc) is 2.74. The molecule has 3 heterocycles. The molecule has 1 aromatic heterocycles. The maximum atomic E-state index is 5.85. The van der Waals surface area contributed by atoms with E-state index in [1.54, 1.807) is 6.20 Å². The summed E-state index contributed by atoms with van der Waals surface area (Å²) in [6.45, 7) is 1.71. The van der Waals surface area contributed by atoms with Crippen molar-refractivity contribution in [3.63, 3.8) is 0 Å². The Morgan fingerprint density at radius 2 is 2.44 bits per heavy atom. The Balaban J connectivity index is 1.67. The molecule has 4 nitrogen and oxygen atoms in total. The highest BCUT2D eigenvalue weighted by Gasteiger charge is 2.40. The van der Waals surface area contributed by atoms with E-state index in [2.05, 4.69) is 10.3 Å². The first-order valence-corrected chi connectivity index (χ1v) is 5.86. The third-order valence-electron chi connectivity index (χ3n) is 3.22. The van der Waals surface area contributed by atoms with Gasteiger partial charge in [0.15, 0.2) is 0 Å². The zero-order valence-electron chi connectivity index (χ0n) is 9.13. The smallest absolute Gasteiger partial charge is 0.213 e. The fraction of sp³-hybridized carbons (Fsp3) is 0.583. The molecule has 0 bridgehead atoms. The standard InChI is InChI=1S/C12H16N2O2/c1-2-6-13-11(5-1)16-10-8-14-9-4-3-7-15-12(9)10/h1-2,5-6,9-10,12,14H,3-4,7-8H2/t9-,10+,12+/m1/s1. The maximum Gasteiger partial charge on any atom is 0.213 e. The Bertz CT molecular complexity index is 344. The molecule has 2 saturated heterocycles. The van der Waals surface area contributed by atoms with Crippen LogP contribution in [0.25, 0.3) is 0 Å². The Hall–Kier alpha value is -1.13. The number of aromatic nitrogens is 1. The van der Waals surface area contributed by atoms with Crippen molar-refractivity contribution in [3.05, 3.63) is 24.4 Å². The molecule has 2 aliphatic rings. The molecule has 4 heteroatoms. The van der Waals surface area contributed by atoms with Crippen molar-refractivity contribution in [1.82, 2.24) is 10.3 Å². The van der Waals surface area contributed by atoms with Gasteiger partial charge in [0, 0.05) is 31.5 Å². The molecule has 16 heavy (non-hydrogen) atoms. The van der Waals surface area contributed by atoms with Crippen LogP contribution in [0.2, 0.25) is 0 Å². The van der Waals surface area contributed by atoms with E-state index in [1.807, 2.05) is 18.2 Å². The molecule has 0 aromatic carbocycles. The van der Waals surface area contributed by atoms with Gasteiger partial charge in [-0.2, -0.15) is 0 Å². The fourth-order valence-corrected chi connectivity index (χ4v) is 2.45. The molecule has 0 unspecified atom stereocenters. The molecule has 3 atom stereocenters. The van der Waals surface area contributed by atoms with Crippen molar-refractivity contribution in [2.24, 2.45) is 0 Å². The van der Waals surface area contributed by atoms with Crippen LogP contribution in [-0.4, -0.2) is 36.4 Å². The van der Waals surface area contributed by atoms with E-state index >= 15 is 0 Å². The zero-order chi connectivity index (χ0) is 10.8. The van der Waals surface area contributed by atoms with E-state index in [0.29, 0.717) is 11.9 Å². The van der Waals surface area contributed by atoms with Crippen LogP contribution in [0.1, 0.15) is 12.8 Å². The van der Waals surface area contributed by atoms with Gasteiger partial charge in [-0.1, -0.05) is 6.07 Å². The molecule has 3 rings (SSSR count). The number of fused-ring (bicyclic) bond motifs is 1. The second kappa shape index (κ2) is 4.39. The van der Waals surface area contributed by atoms with Crippen LogP contribution < -0.4 is 10.1 Å². The van der Waals surface area contributed by atoms with Gasteiger partial charge in [0.1, 0.15) is 12.2 Å². The second-order valence-corrected chi connectivity index (χ2v) is 4.32. The Labute approximate surface area is 95.0 Å². The van der Waals surface area contributed by atoms with E-state index in [-0.39, 0.29) is 12.2 Å². The van der Waals surface area contributed by atoms with Crippen molar-refractivity contribution in [2.75, 3.05) is 13.2 Å². The molecular weight excluding hydrogens is 204 g/mol. The number of nitrogens with zero attached hydrogens (tertiary/aromatic N) is 1. The highest BCUT2D eigenvalue weighted by Crippen LogP contribution is 2.24. The van der Waals surface area contributed by atoms with Crippen LogP contribution in [-0.2, 0) is 4.74 Å². The summed E-state index contributed by atoms with van der Waals surface area (Å²) in [4.78, 5) is 4.17. The maximum absolute atomic E-state index is 5.85. The van der Waals surface area contributed by atoms with Gasteiger partial charge in [-0.05, 0) is 18.9 Å². The molecule has 0 spiro atoms. The molecule has 2 fully saturated rings. The molecule has 1 N–H and O–H groups in total. The van der Waals surface area contributed by atoms with E-state index in [4.69, 9.17) is 9.47 Å². The van der Waals surface area contributed by atoms with Crippen molar-refractivity contribution in [3.8, 4) is 5.88 Å². The first-order chi connectivity index (χ1) is 7.93. The summed E-state index contributed by atoms with van der Waals surface area (Å²) in [5.74, 6) is 0.684. The second-order valence-electron chi connectivity index (χ2n) is 4.32. The topological polar surface area (TPSA) is 43.4 Å². The molecule has 0 radical (unpaired) electrons. The fourth-order valence-electron chi connectivity index (χ4n) is 2.45. The SMILES string of the molecule is c1ccc(O[C@H]2CN[C@@H]3CCCO[C@H]23)nc1. The Kier molecular flexibility index (Phi) is 2.76. The van der Waals surface area contributed by atoms with Crippen molar-refractivity contribution >= 4 is 0 Å². The van der Waals surface area contributed by atoms with Gasteiger partial charge in [0.2, 0.25) is 5.88 Å². The molecule has 0 amide bonds. The monoisotopic (exact) mass is 220 g/mol. The predicted octanol–water partition coefficient (Wildman–Crippen LogP) is 0.980. The summed E-state index contributed by atoms with van der Waals surface area (Å²) in [6.07, 6.45) is 4.37. The number of hydrogen-bond donors (Lipinski definition) is 1. The summed E-state index contributed by atoms with van der Waals surface area (Å²) in [7, 11) is 0. The minimum atomic E-state index is 0.0974. The van der Waals surface area contributed by atoms with Gasteiger partial charge in [-0.3, -0.25) is 0 Å². The lowest BCUT2D eigenvalue weighted by molar-refractivity contribution is -0.0386. The third kappa shape index (κ3) is 1.90. The third-order valence-corrected chi connectivity index (χ3v) is 3.22. The van der Waals surface area contributed by atoms with Crippen LogP contribution in [0.4, 0.5) is 0 Å². The van der Waals surface area contributed by atoms with E-state index < -0.39 is 0 Å². The van der Waals surface area contributed by atoms with Crippen LogP contribution >= 0.6 is 0 Å². The molecule has 0 saturated carbocycles. The Morgan fingerprint density at radius 1 is 1.44 bits per heavy atom. The summed E-state index contributed by atoms with van der Waals surface area (Å²) in [5.41, 5.74) is 0. The van der Waals surface area contributed by atoms with Crippen molar-refractivity contribution in [1.29, 1.82) is 0 Å². The molecule has 0 aliphatic carbocycles. The number of nitrogens with one attached hydrogen (secondary N) is 1. The summed E-state index contributed by atoms with van der Waals surface area (Å²) in [6, 6.07) is 6.17. The van der Waals surface area contributed by atoms with E-state index in [0.717, 1.165) is 19.6 Å². The molecule has 1 aromatic rings. The highest BCUT2D eigenvalue weighted by atomic mass is 16.5. The molecule has 86 valence electrons. The van der Waals surface area contributed by atoms with Gasteiger partial charge < -0.3 is 14.8 Å². The zero-order valence-corrected chi connectivity index (χ0v) is 9.13. The lowest BCUT2D eigenvalue weighted by Crippen LogP contribution is -2.41. The average molecular weight is 220 g/mol. The number of rotatable bonds is 2. The van der Waals surface area contributed by atoms with E-state index in [9.17, 15) is 0 Å². The van der Waals surface area contributed by atoms with Crippen molar-refractivity contribution in [2.45, 2.75) is 31.1 Å². The van der Waals surface area contributed by atoms with Gasteiger partial charge in [0.05, 0.1) is 0 Å². The normalized spacial score (nSPS) is 33.4. The van der Waals surface area contributed by atoms with Crippen LogP contribution in [0.3, 0.4) is 0 Å². The molecular formula is C12H16N2O2. The predicted molar refractivity (Wildman–Crippen MR) is 59.4 cm³/mol. The first kappa shape index (κ1) is 10.1. The minimum Gasteiger partial charge on any atom is -0.470 e. The summed E-state index contributed by atoms with van der Waals surface area (Å²) < 4.78 is 11.6. The van der Waals surface area contributed by atoms with Crippen LogP contribution in [0.5, 0.6) is 5.88 Å². The van der Waals surface area contributed by atoms with E-state index in [1.165, 1.54) is 6.42 Å². The first-order valence-electron chi connectivity index (χ1n) is 5.86. The quantitative estimate of drug-likeness (QED) is 0.807. The summed E-state index contributed by atoms with van der Waals surface area (Å²) in [5, 5.41) is 3.45. The van der Waals surface area contributed by atoms with Gasteiger partial charge in [-0.25, -0.2) is 4.98 Å². The summed E-state index contributed by atoms with van der Waals surface area (Å²) >= 11 is 0. The van der Waals surface area contributed by atoms with Gasteiger partial charge >= 0.3 is 0 Å². The van der Waals surface area contributed by atoms with Crippen molar-refractivity contribution < 1.29 is 9.47 Å². The van der Waals surface area contributed by atoms with Gasteiger partial charge in [0.25, 0.3) is 0 Å². The lowest BCUT2D eigenvalue weighted by atomic mass is 10.0.